The summed E-state index contributed by atoms with van der Waals surface area (Å²) < 4.78 is 0. The van der Waals surface area contributed by atoms with E-state index in [-0.39, 0.29) is 9.52 Å². The molecule has 0 amide bonds. The average Bonchev–Trinajstić information content (AvgIpc) is 2.59. The second-order valence-corrected chi connectivity index (χ2v) is 8.41. The van der Waals surface area contributed by atoms with Gasteiger partial charge in [0.2, 0.25) is 0 Å². The van der Waals surface area contributed by atoms with E-state index >= 15 is 0 Å². The van der Waals surface area contributed by atoms with E-state index in [1.807, 2.05) is 0 Å². The van der Waals surface area contributed by atoms with Crippen LogP contribution in [0.5, 0.6) is 0 Å². The molecule has 1 heteroatoms. The molecule has 17 heavy (non-hydrogen) atoms. The first kappa shape index (κ1) is 12.6. The minimum atomic E-state index is -0.138. The van der Waals surface area contributed by atoms with Gasteiger partial charge in [0.15, 0.2) is 0 Å². The van der Waals surface area contributed by atoms with Crippen LogP contribution < -0.4 is 0 Å². The molecule has 0 aromatic heterocycles. The number of rotatable bonds is 4. The topological polar surface area (TPSA) is 0 Å². The Bertz CT molecular complexity index is 398. The fourth-order valence-electron chi connectivity index (χ4n) is 3.27. The van der Waals surface area contributed by atoms with Crippen molar-refractivity contribution in [3.63, 3.8) is 0 Å². The number of allylic oxidation sites excluding steroid dienone is 8. The van der Waals surface area contributed by atoms with Crippen LogP contribution in [0.2, 0.25) is 10.6 Å². The SMILES string of the molecule is CCCC1([SiH2]C2C=C(C)C=C2C)C=CC=CC1. The molecule has 0 heterocycles. The van der Waals surface area contributed by atoms with Gasteiger partial charge in [0, 0.05) is 9.52 Å². The van der Waals surface area contributed by atoms with Gasteiger partial charge in [-0.25, -0.2) is 0 Å². The highest BCUT2D eigenvalue weighted by molar-refractivity contribution is 6.45. The molecule has 0 bridgehead atoms. The maximum absolute atomic E-state index is 2.51. The summed E-state index contributed by atoms with van der Waals surface area (Å²) in [6.45, 7) is 6.87. The van der Waals surface area contributed by atoms with Gasteiger partial charge in [0.1, 0.15) is 0 Å². The third-order valence-electron chi connectivity index (χ3n) is 4.10. The van der Waals surface area contributed by atoms with E-state index in [2.05, 4.69) is 57.2 Å². The summed E-state index contributed by atoms with van der Waals surface area (Å²) in [5.41, 5.74) is 3.88. The van der Waals surface area contributed by atoms with Crippen LogP contribution in [-0.2, 0) is 0 Å². The van der Waals surface area contributed by atoms with Crippen molar-refractivity contribution >= 4 is 9.52 Å². The Hall–Kier alpha value is -0.823. The minimum absolute atomic E-state index is 0.138. The molecule has 92 valence electrons. The highest BCUT2D eigenvalue weighted by atomic mass is 28.2. The summed E-state index contributed by atoms with van der Waals surface area (Å²) >= 11 is 0. The molecule has 0 aromatic carbocycles. The third-order valence-corrected chi connectivity index (χ3v) is 7.11. The van der Waals surface area contributed by atoms with Gasteiger partial charge in [0.05, 0.1) is 0 Å². The minimum Gasteiger partial charge on any atom is -0.0840 e. The first-order chi connectivity index (χ1) is 8.15. The van der Waals surface area contributed by atoms with Gasteiger partial charge in [-0.15, -0.1) is 0 Å². The van der Waals surface area contributed by atoms with Gasteiger partial charge in [-0.05, 0) is 37.3 Å². The van der Waals surface area contributed by atoms with Gasteiger partial charge < -0.3 is 0 Å². The van der Waals surface area contributed by atoms with Gasteiger partial charge >= 0.3 is 0 Å². The van der Waals surface area contributed by atoms with Crippen LogP contribution in [0, 0.1) is 0 Å². The number of hydrogen-bond donors (Lipinski definition) is 0. The lowest BCUT2D eigenvalue weighted by Gasteiger charge is -2.33. The lowest BCUT2D eigenvalue weighted by Crippen LogP contribution is -2.22. The van der Waals surface area contributed by atoms with Crippen molar-refractivity contribution in [3.05, 3.63) is 47.6 Å². The fourth-order valence-corrected chi connectivity index (χ4v) is 6.24. The quantitative estimate of drug-likeness (QED) is 0.646. The smallest absolute Gasteiger partial charge is 0.0450 e. The van der Waals surface area contributed by atoms with E-state index in [4.69, 9.17) is 0 Å². The summed E-state index contributed by atoms with van der Waals surface area (Å²) in [5.74, 6) is 0. The second kappa shape index (κ2) is 5.22. The molecule has 2 aliphatic carbocycles. The Morgan fingerprint density at radius 3 is 2.71 bits per heavy atom. The Balaban J connectivity index is 2.12. The zero-order valence-corrected chi connectivity index (χ0v) is 12.8. The lowest BCUT2D eigenvalue weighted by molar-refractivity contribution is 0.596. The summed E-state index contributed by atoms with van der Waals surface area (Å²) in [4.78, 5) is 0. The number of hydrogen-bond acceptors (Lipinski definition) is 0. The van der Waals surface area contributed by atoms with Crippen LogP contribution in [0.15, 0.2) is 47.6 Å². The molecule has 0 fully saturated rings. The molecule has 0 saturated heterocycles. The van der Waals surface area contributed by atoms with Gasteiger partial charge in [-0.2, -0.15) is 0 Å². The summed E-state index contributed by atoms with van der Waals surface area (Å²) in [7, 11) is -0.138. The van der Waals surface area contributed by atoms with Crippen molar-refractivity contribution < 1.29 is 0 Å². The first-order valence-electron chi connectivity index (χ1n) is 6.86. The molecule has 2 aliphatic rings. The van der Waals surface area contributed by atoms with Crippen molar-refractivity contribution in [2.45, 2.75) is 50.6 Å². The zero-order valence-electron chi connectivity index (χ0n) is 11.4. The predicted octanol–water partition coefficient (Wildman–Crippen LogP) is 4.32. The molecule has 2 unspecified atom stereocenters. The molecular weight excluding hydrogens is 220 g/mol. The Labute approximate surface area is 108 Å². The molecule has 0 radical (unpaired) electrons. The molecule has 0 N–H and O–H groups in total. The van der Waals surface area contributed by atoms with E-state index in [9.17, 15) is 0 Å². The van der Waals surface area contributed by atoms with Crippen LogP contribution in [0.1, 0.15) is 40.0 Å². The highest BCUT2D eigenvalue weighted by Crippen LogP contribution is 2.45. The average molecular weight is 244 g/mol. The summed E-state index contributed by atoms with van der Waals surface area (Å²) in [6, 6.07) is 0. The molecule has 2 atom stereocenters. The van der Waals surface area contributed by atoms with E-state index in [1.165, 1.54) is 24.8 Å². The Morgan fingerprint density at radius 2 is 2.18 bits per heavy atom. The third kappa shape index (κ3) is 2.89. The standard InChI is InChI=1S/C16H24Si/c1-4-8-16(9-6-5-7-10-16)17-15-12-13(2)11-14(15)3/h5-7,9,11-12,15H,4,8,10,17H2,1-3H3. The fraction of sp³-hybridized carbons (Fsp3) is 0.500. The van der Waals surface area contributed by atoms with Gasteiger partial charge in [-0.3, -0.25) is 0 Å². The van der Waals surface area contributed by atoms with E-state index < -0.39 is 0 Å². The predicted molar refractivity (Wildman–Crippen MR) is 80.3 cm³/mol. The highest BCUT2D eigenvalue weighted by Gasteiger charge is 2.31. The van der Waals surface area contributed by atoms with Gasteiger partial charge in [-0.1, -0.05) is 60.9 Å². The van der Waals surface area contributed by atoms with E-state index in [0.717, 1.165) is 5.54 Å². The van der Waals surface area contributed by atoms with Crippen molar-refractivity contribution in [1.29, 1.82) is 0 Å². The molecule has 0 aromatic rings. The van der Waals surface area contributed by atoms with Crippen LogP contribution >= 0.6 is 0 Å². The maximum atomic E-state index is 2.51. The second-order valence-electron chi connectivity index (χ2n) is 5.71. The largest absolute Gasteiger partial charge is 0.0840 e. The Kier molecular flexibility index (Phi) is 3.88. The van der Waals surface area contributed by atoms with Crippen molar-refractivity contribution in [2.24, 2.45) is 0 Å². The summed E-state index contributed by atoms with van der Waals surface area (Å²) in [5, 5.41) is 0.546. The van der Waals surface area contributed by atoms with Crippen molar-refractivity contribution in [1.82, 2.24) is 0 Å². The van der Waals surface area contributed by atoms with Gasteiger partial charge in [0.25, 0.3) is 0 Å². The van der Waals surface area contributed by atoms with E-state index in [0.29, 0.717) is 5.04 Å². The summed E-state index contributed by atoms with van der Waals surface area (Å²) in [6.07, 6.45) is 18.2. The Morgan fingerprint density at radius 1 is 1.35 bits per heavy atom. The van der Waals surface area contributed by atoms with Crippen LogP contribution in [-0.4, -0.2) is 9.52 Å². The van der Waals surface area contributed by atoms with Crippen LogP contribution in [0.4, 0.5) is 0 Å². The van der Waals surface area contributed by atoms with E-state index in [1.54, 1.807) is 5.57 Å². The molecule has 2 rings (SSSR count). The monoisotopic (exact) mass is 244 g/mol. The normalized spacial score (nSPS) is 32.3. The molecule has 0 aliphatic heterocycles. The maximum Gasteiger partial charge on any atom is 0.0450 e. The lowest BCUT2D eigenvalue weighted by atomic mass is 9.94. The molecule has 0 spiro atoms. The molecular formula is C16H24Si. The first-order valence-corrected chi connectivity index (χ1v) is 8.38. The zero-order chi connectivity index (χ0) is 12.3. The molecule has 0 saturated carbocycles. The van der Waals surface area contributed by atoms with Crippen molar-refractivity contribution in [3.8, 4) is 0 Å². The van der Waals surface area contributed by atoms with Crippen LogP contribution in [0.3, 0.4) is 0 Å². The molecule has 0 nitrogen and oxygen atoms in total. The van der Waals surface area contributed by atoms with Crippen LogP contribution in [0.25, 0.3) is 0 Å². The van der Waals surface area contributed by atoms with Crippen molar-refractivity contribution in [2.75, 3.05) is 0 Å².